The van der Waals surface area contributed by atoms with Gasteiger partial charge in [-0.15, -0.1) is 0 Å². The maximum Gasteiger partial charge on any atom is 0.325 e. The van der Waals surface area contributed by atoms with Gasteiger partial charge >= 0.3 is 5.97 Å². The van der Waals surface area contributed by atoms with E-state index in [-0.39, 0.29) is 11.3 Å². The molecule has 0 heterocycles. The van der Waals surface area contributed by atoms with Gasteiger partial charge < -0.3 is 20.8 Å². The Balaban J connectivity index is 2.83. The minimum absolute atomic E-state index is 0.0251. The van der Waals surface area contributed by atoms with Crippen molar-refractivity contribution in [3.8, 4) is 11.8 Å². The van der Waals surface area contributed by atoms with Crippen LogP contribution in [0, 0.1) is 18.3 Å². The van der Waals surface area contributed by atoms with Crippen LogP contribution in [-0.2, 0) is 9.59 Å². The number of carboxylic acids is 1. The van der Waals surface area contributed by atoms with E-state index in [1.54, 1.807) is 25.1 Å². The Morgan fingerprint density at radius 1 is 1.43 bits per heavy atom. The quantitative estimate of drug-likeness (QED) is 0.366. The first-order valence-corrected chi connectivity index (χ1v) is 6.05. The summed E-state index contributed by atoms with van der Waals surface area (Å²) in [4.78, 5) is 22.3. The molecule has 1 atom stereocenters. The molecule has 110 valence electrons. The molecule has 1 amide bonds. The molecule has 1 unspecified atom stereocenters. The molecule has 0 spiro atoms. The summed E-state index contributed by atoms with van der Waals surface area (Å²) in [5.41, 5.74) is 0.881. The van der Waals surface area contributed by atoms with E-state index < -0.39 is 17.9 Å². The Labute approximate surface area is 121 Å². The van der Waals surface area contributed by atoms with Crippen LogP contribution in [-0.4, -0.2) is 28.1 Å². The molecule has 7 heteroatoms. The maximum atomic E-state index is 11.7. The molecule has 4 N–H and O–H groups in total. The van der Waals surface area contributed by atoms with E-state index in [0.29, 0.717) is 5.69 Å². The van der Waals surface area contributed by atoms with Gasteiger partial charge in [0.2, 0.25) is 0 Å². The molecular weight excluding hydrogens is 274 g/mol. The van der Waals surface area contributed by atoms with Gasteiger partial charge in [0, 0.05) is 6.20 Å². The monoisotopic (exact) mass is 289 g/mol. The lowest BCUT2D eigenvalue weighted by molar-refractivity contribution is -0.140. The molecule has 0 bridgehead atoms. The smallest absolute Gasteiger partial charge is 0.325 e. The van der Waals surface area contributed by atoms with Gasteiger partial charge in [-0.3, -0.25) is 9.59 Å². The summed E-state index contributed by atoms with van der Waals surface area (Å²) in [5.74, 6) is -2.04. The van der Waals surface area contributed by atoms with Crippen molar-refractivity contribution in [2.24, 2.45) is 0 Å². The third kappa shape index (κ3) is 4.54. The molecule has 0 fully saturated rings. The second-order valence-electron chi connectivity index (χ2n) is 4.37. The number of aromatic hydroxyl groups is 1. The van der Waals surface area contributed by atoms with Gasteiger partial charge in [0.1, 0.15) is 23.4 Å². The first kappa shape index (κ1) is 16.0. The summed E-state index contributed by atoms with van der Waals surface area (Å²) < 4.78 is 0. The summed E-state index contributed by atoms with van der Waals surface area (Å²) in [7, 11) is 0. The number of aryl methyl sites for hydroxylation is 1. The third-order valence-corrected chi connectivity index (χ3v) is 2.61. The van der Waals surface area contributed by atoms with Crippen molar-refractivity contribution in [1.29, 1.82) is 5.26 Å². The molecule has 0 saturated heterocycles. The van der Waals surface area contributed by atoms with Crippen LogP contribution < -0.4 is 10.6 Å². The van der Waals surface area contributed by atoms with Crippen LogP contribution in [0.3, 0.4) is 0 Å². The summed E-state index contributed by atoms with van der Waals surface area (Å²) >= 11 is 0. The normalized spacial score (nSPS) is 12.1. The van der Waals surface area contributed by atoms with E-state index in [1.165, 1.54) is 13.0 Å². The van der Waals surface area contributed by atoms with Gasteiger partial charge in [0.05, 0.1) is 5.69 Å². The average molecular weight is 289 g/mol. The van der Waals surface area contributed by atoms with Gasteiger partial charge in [-0.1, -0.05) is 6.07 Å². The zero-order valence-electron chi connectivity index (χ0n) is 11.5. The molecule has 0 saturated carbocycles. The van der Waals surface area contributed by atoms with Crippen LogP contribution in [0.15, 0.2) is 30.0 Å². The number of aliphatic carboxylic acids is 1. The van der Waals surface area contributed by atoms with Crippen LogP contribution in [0.4, 0.5) is 5.69 Å². The molecule has 7 nitrogen and oxygen atoms in total. The van der Waals surface area contributed by atoms with E-state index >= 15 is 0 Å². The van der Waals surface area contributed by atoms with Crippen molar-refractivity contribution in [2.75, 3.05) is 5.32 Å². The van der Waals surface area contributed by atoms with E-state index in [1.807, 2.05) is 0 Å². The molecule has 0 aliphatic rings. The highest BCUT2D eigenvalue weighted by molar-refractivity contribution is 5.99. The topological polar surface area (TPSA) is 122 Å². The first-order chi connectivity index (χ1) is 9.85. The number of anilines is 1. The number of carboxylic acid groups (broad SMARTS) is 1. The molecular formula is C14H15N3O4. The molecule has 1 aromatic rings. The van der Waals surface area contributed by atoms with Gasteiger partial charge in [0.15, 0.2) is 0 Å². The Hall–Kier alpha value is -3.01. The predicted molar refractivity (Wildman–Crippen MR) is 75.4 cm³/mol. The van der Waals surface area contributed by atoms with Gasteiger partial charge in [-0.05, 0) is 31.5 Å². The van der Waals surface area contributed by atoms with Crippen molar-refractivity contribution in [1.82, 2.24) is 5.32 Å². The standard InChI is InChI=1S/C14H15N3O4/c1-8-3-4-11(12(18)5-8)16-7-10(6-15)13(19)17-9(2)14(20)21/h3-5,7,9,16,18H,1-2H3,(H,17,19)(H,20,21)/b10-7-. The van der Waals surface area contributed by atoms with Crippen molar-refractivity contribution in [3.63, 3.8) is 0 Å². The highest BCUT2D eigenvalue weighted by atomic mass is 16.4. The summed E-state index contributed by atoms with van der Waals surface area (Å²) in [6, 6.07) is 5.41. The minimum atomic E-state index is -1.20. The number of phenols is 1. The van der Waals surface area contributed by atoms with E-state index in [4.69, 9.17) is 10.4 Å². The van der Waals surface area contributed by atoms with Gasteiger partial charge in [0.25, 0.3) is 5.91 Å². The predicted octanol–water partition coefficient (Wildman–Crippen LogP) is 1.11. The number of phenolic OH excluding ortho intramolecular Hbond substituents is 1. The van der Waals surface area contributed by atoms with Crippen LogP contribution in [0.1, 0.15) is 12.5 Å². The Morgan fingerprint density at radius 2 is 2.10 bits per heavy atom. The number of nitrogens with zero attached hydrogens (tertiary/aromatic N) is 1. The maximum absolute atomic E-state index is 11.7. The van der Waals surface area contributed by atoms with Crippen molar-refractivity contribution < 1.29 is 19.8 Å². The molecule has 0 radical (unpaired) electrons. The van der Waals surface area contributed by atoms with Gasteiger partial charge in [-0.2, -0.15) is 5.26 Å². The number of nitriles is 1. The Bertz CT molecular complexity index is 632. The first-order valence-electron chi connectivity index (χ1n) is 6.05. The molecule has 21 heavy (non-hydrogen) atoms. The molecule has 1 rings (SSSR count). The van der Waals surface area contributed by atoms with Crippen molar-refractivity contribution >= 4 is 17.6 Å². The minimum Gasteiger partial charge on any atom is -0.506 e. The van der Waals surface area contributed by atoms with E-state index in [0.717, 1.165) is 11.8 Å². The van der Waals surface area contributed by atoms with Gasteiger partial charge in [-0.25, -0.2) is 0 Å². The number of carbonyl (C=O) groups is 2. The lowest BCUT2D eigenvalue weighted by atomic mass is 10.2. The summed E-state index contributed by atoms with van der Waals surface area (Å²) in [5, 5.41) is 32.1. The molecule has 0 aliphatic heterocycles. The SMILES string of the molecule is Cc1ccc(N/C=C(/C#N)C(=O)NC(C)C(=O)O)c(O)c1. The number of hydrogen-bond acceptors (Lipinski definition) is 5. The molecule has 0 aromatic heterocycles. The van der Waals surface area contributed by atoms with Crippen LogP contribution >= 0.6 is 0 Å². The number of benzene rings is 1. The van der Waals surface area contributed by atoms with Crippen LogP contribution in [0.5, 0.6) is 5.75 Å². The lowest BCUT2D eigenvalue weighted by Gasteiger charge is -2.09. The third-order valence-electron chi connectivity index (χ3n) is 2.61. The highest BCUT2D eigenvalue weighted by Gasteiger charge is 2.17. The zero-order chi connectivity index (χ0) is 16.0. The van der Waals surface area contributed by atoms with Crippen molar-refractivity contribution in [3.05, 3.63) is 35.5 Å². The fourth-order valence-corrected chi connectivity index (χ4v) is 1.40. The fourth-order valence-electron chi connectivity index (χ4n) is 1.40. The second-order valence-corrected chi connectivity index (χ2v) is 4.37. The average Bonchev–Trinajstić information content (AvgIpc) is 2.41. The van der Waals surface area contributed by atoms with E-state index in [2.05, 4.69) is 10.6 Å². The number of amides is 1. The number of nitrogens with one attached hydrogen (secondary N) is 2. The Kier molecular flexibility index (Phi) is 5.31. The number of rotatable bonds is 5. The Morgan fingerprint density at radius 3 is 2.62 bits per heavy atom. The second kappa shape index (κ2) is 6.96. The van der Waals surface area contributed by atoms with Crippen LogP contribution in [0.25, 0.3) is 0 Å². The van der Waals surface area contributed by atoms with Crippen molar-refractivity contribution in [2.45, 2.75) is 19.9 Å². The fraction of sp³-hybridized carbons (Fsp3) is 0.214. The lowest BCUT2D eigenvalue weighted by Crippen LogP contribution is -2.39. The summed E-state index contributed by atoms with van der Waals surface area (Å²) in [6.45, 7) is 3.09. The molecule has 0 aliphatic carbocycles. The number of carbonyl (C=O) groups excluding carboxylic acids is 1. The van der Waals surface area contributed by atoms with E-state index in [9.17, 15) is 14.7 Å². The highest BCUT2D eigenvalue weighted by Crippen LogP contribution is 2.23. The van der Waals surface area contributed by atoms with Crippen LogP contribution in [0.2, 0.25) is 0 Å². The zero-order valence-corrected chi connectivity index (χ0v) is 11.5. The summed E-state index contributed by atoms with van der Waals surface area (Å²) in [6.07, 6.45) is 1.11. The molecule has 1 aromatic carbocycles. The largest absolute Gasteiger partial charge is 0.506 e. The number of hydrogen-bond donors (Lipinski definition) is 4.